The summed E-state index contributed by atoms with van der Waals surface area (Å²) in [5, 5.41) is 3.64. The number of ether oxygens (including phenoxy) is 1. The van der Waals surface area contributed by atoms with Crippen LogP contribution in [-0.4, -0.2) is 24.8 Å². The standard InChI is InChI=1S/C9H17NO/c1-7-9(5-6-11-7)10-8-3-2-4-8/h7-10H,2-6H2,1H3. The van der Waals surface area contributed by atoms with Crippen molar-refractivity contribution in [3.05, 3.63) is 0 Å². The van der Waals surface area contributed by atoms with Crippen molar-refractivity contribution in [1.82, 2.24) is 5.32 Å². The quantitative estimate of drug-likeness (QED) is 0.649. The molecule has 2 rings (SSSR count). The van der Waals surface area contributed by atoms with Gasteiger partial charge in [0.05, 0.1) is 6.10 Å². The zero-order valence-corrected chi connectivity index (χ0v) is 7.18. The van der Waals surface area contributed by atoms with Gasteiger partial charge in [-0.15, -0.1) is 0 Å². The van der Waals surface area contributed by atoms with Crippen molar-refractivity contribution < 1.29 is 4.74 Å². The Morgan fingerprint density at radius 1 is 1.27 bits per heavy atom. The summed E-state index contributed by atoms with van der Waals surface area (Å²) in [6.45, 7) is 3.12. The third kappa shape index (κ3) is 1.57. The Morgan fingerprint density at radius 3 is 2.55 bits per heavy atom. The van der Waals surface area contributed by atoms with Crippen LogP contribution >= 0.6 is 0 Å². The first kappa shape index (κ1) is 7.56. The minimum Gasteiger partial charge on any atom is -0.377 e. The van der Waals surface area contributed by atoms with Crippen LogP contribution in [0, 0.1) is 0 Å². The Hall–Kier alpha value is -0.0800. The lowest BCUT2D eigenvalue weighted by Gasteiger charge is -2.30. The summed E-state index contributed by atoms with van der Waals surface area (Å²) in [6, 6.07) is 1.45. The Kier molecular flexibility index (Phi) is 2.14. The van der Waals surface area contributed by atoms with Gasteiger partial charge in [0.15, 0.2) is 0 Å². The van der Waals surface area contributed by atoms with Gasteiger partial charge >= 0.3 is 0 Å². The smallest absolute Gasteiger partial charge is 0.0700 e. The fourth-order valence-corrected chi connectivity index (χ4v) is 1.83. The molecule has 2 fully saturated rings. The molecule has 0 aromatic heterocycles. The van der Waals surface area contributed by atoms with Crippen LogP contribution in [0.25, 0.3) is 0 Å². The van der Waals surface area contributed by atoms with E-state index >= 15 is 0 Å². The van der Waals surface area contributed by atoms with Gasteiger partial charge in [0.25, 0.3) is 0 Å². The van der Waals surface area contributed by atoms with Crippen LogP contribution in [0.3, 0.4) is 0 Å². The normalized spacial score (nSPS) is 39.0. The van der Waals surface area contributed by atoms with E-state index in [4.69, 9.17) is 4.74 Å². The largest absolute Gasteiger partial charge is 0.377 e. The Balaban J connectivity index is 1.75. The van der Waals surface area contributed by atoms with E-state index in [2.05, 4.69) is 12.2 Å². The molecule has 1 aliphatic carbocycles. The van der Waals surface area contributed by atoms with E-state index in [0.29, 0.717) is 12.1 Å². The maximum absolute atomic E-state index is 5.47. The molecule has 11 heavy (non-hydrogen) atoms. The Labute approximate surface area is 68.3 Å². The SMILES string of the molecule is CC1OCCC1NC1CCC1. The van der Waals surface area contributed by atoms with E-state index in [9.17, 15) is 0 Å². The number of hydrogen-bond donors (Lipinski definition) is 1. The van der Waals surface area contributed by atoms with Crippen LogP contribution in [0.1, 0.15) is 32.6 Å². The van der Waals surface area contributed by atoms with Gasteiger partial charge in [-0.3, -0.25) is 0 Å². The van der Waals surface area contributed by atoms with Gasteiger partial charge in [0.2, 0.25) is 0 Å². The third-order valence-corrected chi connectivity index (χ3v) is 2.93. The van der Waals surface area contributed by atoms with Crippen LogP contribution in [0.4, 0.5) is 0 Å². The summed E-state index contributed by atoms with van der Waals surface area (Å²) in [6.07, 6.45) is 5.82. The lowest BCUT2D eigenvalue weighted by atomic mass is 9.92. The molecule has 2 unspecified atom stereocenters. The monoisotopic (exact) mass is 155 g/mol. The maximum Gasteiger partial charge on any atom is 0.0700 e. The molecule has 0 bridgehead atoms. The minimum absolute atomic E-state index is 0.440. The molecule has 1 aliphatic heterocycles. The van der Waals surface area contributed by atoms with Gasteiger partial charge in [-0.2, -0.15) is 0 Å². The molecular formula is C9H17NO. The van der Waals surface area contributed by atoms with E-state index in [1.807, 2.05) is 0 Å². The predicted molar refractivity (Wildman–Crippen MR) is 44.6 cm³/mol. The third-order valence-electron chi connectivity index (χ3n) is 2.93. The van der Waals surface area contributed by atoms with Crippen molar-refractivity contribution in [3.63, 3.8) is 0 Å². The number of hydrogen-bond acceptors (Lipinski definition) is 2. The molecule has 0 aromatic rings. The molecule has 0 spiro atoms. The van der Waals surface area contributed by atoms with Crippen molar-refractivity contribution in [2.24, 2.45) is 0 Å². The molecule has 1 saturated carbocycles. The summed E-state index contributed by atoms with van der Waals surface area (Å²) in [4.78, 5) is 0. The lowest BCUT2D eigenvalue weighted by Crippen LogP contribution is -2.45. The Bertz CT molecular complexity index is 134. The van der Waals surface area contributed by atoms with Crippen molar-refractivity contribution in [2.45, 2.75) is 50.8 Å². The lowest BCUT2D eigenvalue weighted by molar-refractivity contribution is 0.107. The molecule has 1 N–H and O–H groups in total. The van der Waals surface area contributed by atoms with Crippen LogP contribution in [-0.2, 0) is 4.74 Å². The zero-order valence-electron chi connectivity index (χ0n) is 7.18. The van der Waals surface area contributed by atoms with E-state index < -0.39 is 0 Å². The molecule has 0 amide bonds. The second-order valence-corrected chi connectivity index (χ2v) is 3.77. The van der Waals surface area contributed by atoms with Crippen molar-refractivity contribution in [2.75, 3.05) is 6.61 Å². The average Bonchev–Trinajstić information content (AvgIpc) is 2.27. The zero-order chi connectivity index (χ0) is 7.68. The fraction of sp³-hybridized carbons (Fsp3) is 1.00. The van der Waals surface area contributed by atoms with Gasteiger partial charge in [-0.25, -0.2) is 0 Å². The summed E-state index contributed by atoms with van der Waals surface area (Å²) >= 11 is 0. The number of nitrogens with one attached hydrogen (secondary N) is 1. The van der Waals surface area contributed by atoms with Gasteiger partial charge in [0, 0.05) is 18.7 Å². The van der Waals surface area contributed by atoms with Crippen LogP contribution < -0.4 is 5.32 Å². The topological polar surface area (TPSA) is 21.3 Å². The predicted octanol–water partition coefficient (Wildman–Crippen LogP) is 1.31. The molecule has 2 atom stereocenters. The number of rotatable bonds is 2. The molecule has 0 aromatic carbocycles. The van der Waals surface area contributed by atoms with Gasteiger partial charge < -0.3 is 10.1 Å². The molecule has 1 heterocycles. The molecule has 0 radical (unpaired) electrons. The highest BCUT2D eigenvalue weighted by Crippen LogP contribution is 2.22. The van der Waals surface area contributed by atoms with Gasteiger partial charge in [-0.1, -0.05) is 6.42 Å². The molecule has 64 valence electrons. The first-order valence-corrected chi connectivity index (χ1v) is 4.74. The molecule has 2 heteroatoms. The minimum atomic E-state index is 0.440. The molecular weight excluding hydrogens is 138 g/mol. The molecule has 2 nitrogen and oxygen atoms in total. The maximum atomic E-state index is 5.47. The highest BCUT2D eigenvalue weighted by molar-refractivity contribution is 4.86. The summed E-state index contributed by atoms with van der Waals surface area (Å²) in [7, 11) is 0. The Morgan fingerprint density at radius 2 is 2.09 bits per heavy atom. The highest BCUT2D eigenvalue weighted by atomic mass is 16.5. The first-order chi connectivity index (χ1) is 5.36. The molecule has 1 saturated heterocycles. The first-order valence-electron chi connectivity index (χ1n) is 4.74. The van der Waals surface area contributed by atoms with E-state index in [1.165, 1.54) is 25.7 Å². The van der Waals surface area contributed by atoms with E-state index in [-0.39, 0.29) is 0 Å². The van der Waals surface area contributed by atoms with Crippen LogP contribution in [0.5, 0.6) is 0 Å². The van der Waals surface area contributed by atoms with E-state index in [0.717, 1.165) is 12.6 Å². The summed E-state index contributed by atoms with van der Waals surface area (Å²) in [5.74, 6) is 0. The summed E-state index contributed by atoms with van der Waals surface area (Å²) < 4.78 is 5.47. The second-order valence-electron chi connectivity index (χ2n) is 3.77. The molecule has 2 aliphatic rings. The van der Waals surface area contributed by atoms with Gasteiger partial charge in [-0.05, 0) is 26.2 Å². The second kappa shape index (κ2) is 3.11. The van der Waals surface area contributed by atoms with Gasteiger partial charge in [0.1, 0.15) is 0 Å². The van der Waals surface area contributed by atoms with Crippen molar-refractivity contribution in [3.8, 4) is 0 Å². The average molecular weight is 155 g/mol. The summed E-state index contributed by atoms with van der Waals surface area (Å²) in [5.41, 5.74) is 0. The highest BCUT2D eigenvalue weighted by Gasteiger charge is 2.28. The van der Waals surface area contributed by atoms with Crippen LogP contribution in [0.2, 0.25) is 0 Å². The van der Waals surface area contributed by atoms with Crippen molar-refractivity contribution in [1.29, 1.82) is 0 Å². The van der Waals surface area contributed by atoms with Crippen molar-refractivity contribution >= 4 is 0 Å². The van der Waals surface area contributed by atoms with E-state index in [1.54, 1.807) is 0 Å². The van der Waals surface area contributed by atoms with Crippen LogP contribution in [0.15, 0.2) is 0 Å². The fourth-order valence-electron chi connectivity index (χ4n) is 1.83.